The smallest absolute Gasteiger partial charge is 0.236 e. The van der Waals surface area contributed by atoms with Crippen LogP contribution in [0, 0.1) is 17.2 Å². The standard InChI is InChI=1S/C28H28FN5O/c1-28(2)26(31-15-18-8-9-18)25(19-6-4-3-5-7-19)33(27(28)35)24-14-20-16-32-34(23(20)17-30-24)22-12-10-21(29)11-13-22/h3-7,10-14,16-18,25-26,31H,8-9,15H2,1-2H3/t25?,26-/m1/s1. The Morgan fingerprint density at radius 2 is 1.80 bits per heavy atom. The average molecular weight is 470 g/mol. The molecule has 1 unspecified atom stereocenters. The number of fused-ring (bicyclic) bond motifs is 1. The minimum Gasteiger partial charge on any atom is -0.310 e. The minimum atomic E-state index is -0.593. The van der Waals surface area contributed by atoms with E-state index in [0.717, 1.165) is 28.7 Å². The number of rotatable bonds is 6. The zero-order valence-corrected chi connectivity index (χ0v) is 19.9. The maximum Gasteiger partial charge on any atom is 0.236 e. The molecule has 35 heavy (non-hydrogen) atoms. The second-order valence-electron chi connectivity index (χ2n) is 10.2. The van der Waals surface area contributed by atoms with Crippen LogP contribution in [0.3, 0.4) is 0 Å². The third-order valence-corrected chi connectivity index (χ3v) is 7.36. The molecule has 1 saturated carbocycles. The van der Waals surface area contributed by atoms with Crippen LogP contribution in [0.25, 0.3) is 16.6 Å². The summed E-state index contributed by atoms with van der Waals surface area (Å²) in [6, 6.07) is 18.1. The fourth-order valence-corrected chi connectivity index (χ4v) is 5.17. The van der Waals surface area contributed by atoms with Gasteiger partial charge < -0.3 is 5.32 Å². The van der Waals surface area contributed by atoms with E-state index in [1.54, 1.807) is 29.2 Å². The molecule has 7 heteroatoms. The van der Waals surface area contributed by atoms with E-state index in [-0.39, 0.29) is 23.8 Å². The van der Waals surface area contributed by atoms with Gasteiger partial charge in [0.25, 0.3) is 0 Å². The first-order valence-electron chi connectivity index (χ1n) is 12.2. The Labute approximate surface area is 203 Å². The van der Waals surface area contributed by atoms with Crippen LogP contribution in [0.5, 0.6) is 0 Å². The number of hydrogen-bond donors (Lipinski definition) is 1. The second-order valence-corrected chi connectivity index (χ2v) is 10.2. The van der Waals surface area contributed by atoms with Crippen LogP contribution in [0.4, 0.5) is 10.2 Å². The molecule has 6 nitrogen and oxygen atoms in total. The van der Waals surface area contributed by atoms with E-state index in [4.69, 9.17) is 4.98 Å². The Morgan fingerprint density at radius 1 is 1.06 bits per heavy atom. The van der Waals surface area contributed by atoms with Gasteiger partial charge in [-0.2, -0.15) is 5.10 Å². The van der Waals surface area contributed by atoms with Gasteiger partial charge in [-0.05, 0) is 75.0 Å². The fourth-order valence-electron chi connectivity index (χ4n) is 5.17. The number of hydrogen-bond acceptors (Lipinski definition) is 4. The maximum absolute atomic E-state index is 13.9. The van der Waals surface area contributed by atoms with E-state index in [1.807, 2.05) is 43.0 Å². The SMILES string of the molecule is CC1(C)C(=O)N(c2cc3cnn(-c4ccc(F)cc4)c3cn2)C(c2ccccc2)[C@H]1NCC1CC1. The van der Waals surface area contributed by atoms with Crippen molar-refractivity contribution in [1.29, 1.82) is 0 Å². The van der Waals surface area contributed by atoms with Gasteiger partial charge in [0.1, 0.15) is 11.6 Å². The zero-order chi connectivity index (χ0) is 24.2. The van der Waals surface area contributed by atoms with Crippen LogP contribution in [-0.2, 0) is 4.79 Å². The van der Waals surface area contributed by atoms with Crippen LogP contribution in [-0.4, -0.2) is 33.3 Å². The molecule has 6 rings (SSSR count). The number of nitrogens with one attached hydrogen (secondary N) is 1. The van der Waals surface area contributed by atoms with Crippen molar-refractivity contribution in [3.05, 3.63) is 84.4 Å². The average Bonchev–Trinajstić information content (AvgIpc) is 3.56. The van der Waals surface area contributed by atoms with Crippen molar-refractivity contribution >= 4 is 22.6 Å². The van der Waals surface area contributed by atoms with Crippen LogP contribution in [0.15, 0.2) is 73.1 Å². The largest absolute Gasteiger partial charge is 0.310 e. The molecule has 0 spiro atoms. The minimum absolute atomic E-state index is 0.0440. The van der Waals surface area contributed by atoms with Crippen molar-refractivity contribution in [2.24, 2.45) is 11.3 Å². The lowest BCUT2D eigenvalue weighted by atomic mass is 9.82. The Bertz CT molecular complexity index is 1380. The third kappa shape index (κ3) is 3.80. The van der Waals surface area contributed by atoms with Crippen LogP contribution in [0.2, 0.25) is 0 Å². The van der Waals surface area contributed by atoms with Gasteiger partial charge in [0.15, 0.2) is 0 Å². The second kappa shape index (κ2) is 8.27. The molecule has 2 atom stereocenters. The van der Waals surface area contributed by atoms with Crippen LogP contribution in [0.1, 0.15) is 38.3 Å². The number of benzene rings is 2. The molecular weight excluding hydrogens is 441 g/mol. The Morgan fingerprint density at radius 3 is 2.51 bits per heavy atom. The van der Waals surface area contributed by atoms with Gasteiger partial charge >= 0.3 is 0 Å². The molecule has 3 heterocycles. The number of aromatic nitrogens is 3. The predicted octanol–water partition coefficient (Wildman–Crippen LogP) is 5.04. The van der Waals surface area contributed by atoms with E-state index in [9.17, 15) is 9.18 Å². The molecule has 1 saturated heterocycles. The molecule has 0 radical (unpaired) electrons. The van der Waals surface area contributed by atoms with Gasteiger partial charge in [-0.25, -0.2) is 14.1 Å². The summed E-state index contributed by atoms with van der Waals surface area (Å²) >= 11 is 0. The summed E-state index contributed by atoms with van der Waals surface area (Å²) in [6.45, 7) is 4.98. The van der Waals surface area contributed by atoms with Gasteiger partial charge in [-0.1, -0.05) is 30.3 Å². The molecule has 4 aromatic rings. The quantitative estimate of drug-likeness (QED) is 0.430. The highest BCUT2D eigenvalue weighted by Gasteiger charge is 2.55. The molecule has 1 N–H and O–H groups in total. The third-order valence-electron chi connectivity index (χ3n) is 7.36. The van der Waals surface area contributed by atoms with Crippen LogP contribution >= 0.6 is 0 Å². The van der Waals surface area contributed by atoms with E-state index in [2.05, 4.69) is 22.5 Å². The van der Waals surface area contributed by atoms with Gasteiger partial charge in [0, 0.05) is 11.4 Å². The van der Waals surface area contributed by atoms with Gasteiger partial charge in [0.05, 0.1) is 35.1 Å². The summed E-state index contributed by atoms with van der Waals surface area (Å²) in [7, 11) is 0. The van der Waals surface area contributed by atoms with Crippen LogP contribution < -0.4 is 10.2 Å². The molecule has 2 fully saturated rings. The molecule has 1 aliphatic carbocycles. The number of halogens is 1. The van der Waals surface area contributed by atoms with Crippen molar-refractivity contribution in [2.75, 3.05) is 11.4 Å². The Balaban J connectivity index is 1.42. The van der Waals surface area contributed by atoms with E-state index in [1.165, 1.54) is 25.0 Å². The fraction of sp³-hybridized carbons (Fsp3) is 0.321. The molecular formula is C28H28FN5O. The normalized spacial score (nSPS) is 21.7. The monoisotopic (exact) mass is 469 g/mol. The lowest BCUT2D eigenvalue weighted by Gasteiger charge is -2.30. The first kappa shape index (κ1) is 21.9. The maximum atomic E-state index is 13.9. The number of anilines is 1. The lowest BCUT2D eigenvalue weighted by molar-refractivity contribution is -0.124. The molecule has 2 aromatic heterocycles. The summed E-state index contributed by atoms with van der Waals surface area (Å²) in [5.74, 6) is 1.08. The number of amides is 1. The summed E-state index contributed by atoms with van der Waals surface area (Å²) < 4.78 is 15.1. The number of nitrogens with zero attached hydrogens (tertiary/aromatic N) is 4. The first-order chi connectivity index (χ1) is 16.9. The summed E-state index contributed by atoms with van der Waals surface area (Å²) in [4.78, 5) is 20.5. The molecule has 178 valence electrons. The highest BCUT2D eigenvalue weighted by molar-refractivity contribution is 6.02. The first-order valence-corrected chi connectivity index (χ1v) is 12.2. The predicted molar refractivity (Wildman–Crippen MR) is 134 cm³/mol. The topological polar surface area (TPSA) is 63.1 Å². The molecule has 1 amide bonds. The molecule has 2 aromatic carbocycles. The van der Waals surface area contributed by atoms with E-state index >= 15 is 0 Å². The molecule has 2 aliphatic rings. The summed E-state index contributed by atoms with van der Waals surface area (Å²) in [5.41, 5.74) is 2.04. The molecule has 1 aliphatic heterocycles. The van der Waals surface area contributed by atoms with Crippen molar-refractivity contribution in [1.82, 2.24) is 20.1 Å². The highest BCUT2D eigenvalue weighted by atomic mass is 19.1. The molecule has 0 bridgehead atoms. The van der Waals surface area contributed by atoms with Crippen molar-refractivity contribution in [2.45, 2.75) is 38.8 Å². The highest BCUT2D eigenvalue weighted by Crippen LogP contribution is 2.46. The van der Waals surface area contributed by atoms with Gasteiger partial charge in [0.2, 0.25) is 5.91 Å². The summed E-state index contributed by atoms with van der Waals surface area (Å²) in [6.07, 6.45) is 6.01. The Hall–Kier alpha value is -3.58. The van der Waals surface area contributed by atoms with Crippen molar-refractivity contribution in [3.8, 4) is 5.69 Å². The van der Waals surface area contributed by atoms with E-state index in [0.29, 0.717) is 11.7 Å². The summed E-state index contributed by atoms with van der Waals surface area (Å²) in [5, 5.41) is 9.11. The Kier molecular flexibility index (Phi) is 5.18. The lowest BCUT2D eigenvalue weighted by Crippen LogP contribution is -2.44. The number of carbonyl (C=O) groups excluding carboxylic acids is 1. The van der Waals surface area contributed by atoms with Gasteiger partial charge in [-0.15, -0.1) is 0 Å². The van der Waals surface area contributed by atoms with E-state index < -0.39 is 5.41 Å². The van der Waals surface area contributed by atoms with Gasteiger partial charge in [-0.3, -0.25) is 9.69 Å². The van der Waals surface area contributed by atoms with Crippen molar-refractivity contribution in [3.63, 3.8) is 0 Å². The zero-order valence-electron chi connectivity index (χ0n) is 19.9. The number of carbonyl (C=O) groups is 1. The van der Waals surface area contributed by atoms with Crippen molar-refractivity contribution < 1.29 is 9.18 Å². The number of pyridine rings is 1.